The van der Waals surface area contributed by atoms with Crippen molar-refractivity contribution in [3.05, 3.63) is 92.9 Å². The van der Waals surface area contributed by atoms with Crippen molar-refractivity contribution in [3.8, 4) is 27.4 Å². The van der Waals surface area contributed by atoms with Crippen LogP contribution in [0.2, 0.25) is 0 Å². The molecule has 2 amide bonds. The number of morpholine rings is 1. The number of benzene rings is 2. The van der Waals surface area contributed by atoms with Crippen molar-refractivity contribution in [1.82, 2.24) is 19.5 Å². The lowest BCUT2D eigenvalue weighted by Crippen LogP contribution is -2.66. The maximum atomic E-state index is 15.9. The second kappa shape index (κ2) is 11.0. The van der Waals surface area contributed by atoms with Crippen molar-refractivity contribution in [2.75, 3.05) is 37.9 Å². The van der Waals surface area contributed by atoms with Gasteiger partial charge in [0.05, 0.1) is 48.4 Å². The molecular weight excluding hydrogens is 636 g/mol. The van der Waals surface area contributed by atoms with E-state index >= 15 is 4.39 Å². The van der Waals surface area contributed by atoms with Crippen LogP contribution in [0.3, 0.4) is 0 Å². The number of likely N-dealkylation sites (tertiary alicyclic amines) is 1. The van der Waals surface area contributed by atoms with E-state index < -0.39 is 53.2 Å². The summed E-state index contributed by atoms with van der Waals surface area (Å²) in [6, 6.07) is 10.2. The highest BCUT2D eigenvalue weighted by Gasteiger charge is 2.47. The first kappa shape index (κ1) is 29.3. The number of aromatic nitrogens is 2. The van der Waals surface area contributed by atoms with E-state index in [1.807, 2.05) is 24.3 Å². The van der Waals surface area contributed by atoms with Gasteiger partial charge in [-0.25, -0.2) is 18.6 Å². The summed E-state index contributed by atoms with van der Waals surface area (Å²) in [6.45, 7) is 2.16. The number of nitrogens with zero attached hydrogens (tertiary/aromatic N) is 5. The normalized spacial score (nSPS) is 19.8. The molecule has 240 valence electrons. The zero-order valence-corrected chi connectivity index (χ0v) is 25.5. The Kier molecular flexibility index (Phi) is 6.84. The van der Waals surface area contributed by atoms with E-state index in [2.05, 4.69) is 4.98 Å². The predicted octanol–water partition coefficient (Wildman–Crippen LogP) is 3.52. The standard InChI is InChI=1S/C32H25F2N5O7S/c1-16(40)36-12-17(13-36)45-32(43)46-29-22(41)8-9-38-28(29)31(42)37-10-11-44-14-23(37)39(38)27-18-4-2-3-5-19(18)30-26(35-15-47-30)24-20(27)6-7-21(33)25(24)34/h2-9,15,17,23,27H,10-14H2,1H3/t23-,27-/m1/s1. The van der Waals surface area contributed by atoms with Gasteiger partial charge in [0.25, 0.3) is 5.91 Å². The Labute approximate surface area is 269 Å². The largest absolute Gasteiger partial charge is 0.514 e. The number of carbonyl (C=O) groups excluding carboxylic acids is 3. The van der Waals surface area contributed by atoms with Gasteiger partial charge in [0, 0.05) is 31.3 Å². The Bertz CT molecular complexity index is 2040. The Hall–Kier alpha value is -5.15. The molecule has 2 aromatic heterocycles. The van der Waals surface area contributed by atoms with Crippen LogP contribution in [0.5, 0.6) is 5.75 Å². The van der Waals surface area contributed by atoms with Gasteiger partial charge in [0.2, 0.25) is 17.1 Å². The van der Waals surface area contributed by atoms with Gasteiger partial charge >= 0.3 is 6.16 Å². The molecule has 4 aliphatic rings. The Morgan fingerprint density at radius 1 is 1.06 bits per heavy atom. The van der Waals surface area contributed by atoms with Crippen LogP contribution in [-0.4, -0.2) is 82.5 Å². The van der Waals surface area contributed by atoms with Crippen LogP contribution in [0.15, 0.2) is 59.0 Å². The van der Waals surface area contributed by atoms with E-state index in [1.54, 1.807) is 10.5 Å². The van der Waals surface area contributed by atoms with Crippen LogP contribution in [0.1, 0.15) is 34.6 Å². The number of hydrogen-bond acceptors (Lipinski definition) is 10. The predicted molar refractivity (Wildman–Crippen MR) is 162 cm³/mol. The Morgan fingerprint density at radius 2 is 1.87 bits per heavy atom. The van der Waals surface area contributed by atoms with Crippen molar-refractivity contribution >= 4 is 29.3 Å². The summed E-state index contributed by atoms with van der Waals surface area (Å²) < 4.78 is 48.8. The maximum absolute atomic E-state index is 15.9. The fourth-order valence-electron chi connectivity index (χ4n) is 6.68. The summed E-state index contributed by atoms with van der Waals surface area (Å²) in [4.78, 5) is 59.9. The second-order valence-corrected chi connectivity index (χ2v) is 12.4. The molecular formula is C32H25F2N5O7S. The molecule has 3 aliphatic heterocycles. The number of ether oxygens (including phenoxy) is 3. The van der Waals surface area contributed by atoms with Gasteiger partial charge in [-0.3, -0.25) is 24.1 Å². The first-order valence-electron chi connectivity index (χ1n) is 14.8. The number of pyridine rings is 1. The van der Waals surface area contributed by atoms with Crippen molar-refractivity contribution < 1.29 is 37.4 Å². The van der Waals surface area contributed by atoms with Crippen LogP contribution in [0.25, 0.3) is 21.7 Å². The van der Waals surface area contributed by atoms with Crippen LogP contribution >= 0.6 is 11.3 Å². The molecule has 2 atom stereocenters. The van der Waals surface area contributed by atoms with Gasteiger partial charge in [0.1, 0.15) is 12.3 Å². The number of hydrogen-bond donors (Lipinski definition) is 0. The fraction of sp³-hybridized carbons (Fsp3) is 0.281. The molecule has 0 spiro atoms. The highest BCUT2D eigenvalue weighted by atomic mass is 32.1. The number of amides is 2. The molecule has 0 N–H and O–H groups in total. The van der Waals surface area contributed by atoms with Crippen LogP contribution < -0.4 is 15.2 Å². The van der Waals surface area contributed by atoms with Gasteiger partial charge in [-0.1, -0.05) is 30.3 Å². The van der Waals surface area contributed by atoms with Gasteiger partial charge in [-0.15, -0.1) is 11.3 Å². The third kappa shape index (κ3) is 4.52. The summed E-state index contributed by atoms with van der Waals surface area (Å²) in [5.41, 5.74) is 2.66. The topological polar surface area (TPSA) is 124 Å². The van der Waals surface area contributed by atoms with Crippen molar-refractivity contribution in [2.45, 2.75) is 25.2 Å². The SMILES string of the molecule is CC(=O)N1CC(OC(=O)Oc2c3n(ccc2=O)N([C@@H]2c4ccccc4-c4scnc4-c4c2ccc(F)c4F)[C@@H]2COCCN2C3=O)C1. The lowest BCUT2D eigenvalue weighted by molar-refractivity contribution is -0.139. The Balaban J connectivity index is 1.30. The van der Waals surface area contributed by atoms with E-state index in [0.717, 1.165) is 17.7 Å². The monoisotopic (exact) mass is 661 g/mol. The first-order valence-corrected chi connectivity index (χ1v) is 15.7. The number of carbonyl (C=O) groups is 3. The molecule has 2 saturated heterocycles. The third-order valence-corrected chi connectivity index (χ3v) is 9.75. The van der Waals surface area contributed by atoms with E-state index in [0.29, 0.717) is 16.0 Å². The van der Waals surface area contributed by atoms with Crippen molar-refractivity contribution in [3.63, 3.8) is 0 Å². The lowest BCUT2D eigenvalue weighted by Gasteiger charge is -2.51. The van der Waals surface area contributed by atoms with E-state index in [1.165, 1.54) is 45.0 Å². The molecule has 0 radical (unpaired) electrons. The number of thiazole rings is 1. The van der Waals surface area contributed by atoms with E-state index in [4.69, 9.17) is 14.2 Å². The minimum absolute atomic E-state index is 0.0228. The maximum Gasteiger partial charge on any atom is 0.514 e. The molecule has 8 rings (SSSR count). The van der Waals surface area contributed by atoms with Crippen molar-refractivity contribution in [2.24, 2.45) is 0 Å². The average molecular weight is 662 g/mol. The molecule has 1 aliphatic carbocycles. The third-order valence-electron chi connectivity index (χ3n) is 8.89. The minimum Gasteiger partial charge on any atom is -0.427 e. The summed E-state index contributed by atoms with van der Waals surface area (Å²) in [7, 11) is 0. The van der Waals surface area contributed by atoms with Gasteiger partial charge in [0.15, 0.2) is 17.3 Å². The number of rotatable bonds is 3. The summed E-state index contributed by atoms with van der Waals surface area (Å²) in [6.07, 6.45) is -1.21. The van der Waals surface area contributed by atoms with Gasteiger partial charge < -0.3 is 24.0 Å². The molecule has 0 bridgehead atoms. The number of fused-ring (bicyclic) bond motifs is 7. The second-order valence-electron chi connectivity index (χ2n) is 11.5. The smallest absolute Gasteiger partial charge is 0.427 e. The van der Waals surface area contributed by atoms with Gasteiger partial charge in [-0.05, 0) is 22.8 Å². The van der Waals surface area contributed by atoms with E-state index in [9.17, 15) is 23.6 Å². The van der Waals surface area contributed by atoms with Gasteiger partial charge in [-0.2, -0.15) is 0 Å². The summed E-state index contributed by atoms with van der Waals surface area (Å²) in [5, 5.41) is 1.76. The van der Waals surface area contributed by atoms with Crippen LogP contribution in [-0.2, 0) is 14.3 Å². The van der Waals surface area contributed by atoms with E-state index in [-0.39, 0.29) is 55.7 Å². The van der Waals surface area contributed by atoms with Crippen LogP contribution in [0, 0.1) is 11.6 Å². The van der Waals surface area contributed by atoms with Crippen molar-refractivity contribution in [1.29, 1.82) is 0 Å². The molecule has 4 aromatic rings. The van der Waals surface area contributed by atoms with Crippen LogP contribution in [0.4, 0.5) is 13.6 Å². The molecule has 2 aromatic carbocycles. The molecule has 0 unspecified atom stereocenters. The molecule has 0 saturated carbocycles. The minimum atomic E-state index is -1.20. The zero-order chi connectivity index (χ0) is 32.6. The fourth-order valence-corrected chi connectivity index (χ4v) is 7.52. The Morgan fingerprint density at radius 3 is 2.68 bits per heavy atom. The summed E-state index contributed by atoms with van der Waals surface area (Å²) in [5.74, 6) is -3.42. The molecule has 15 heteroatoms. The highest BCUT2D eigenvalue weighted by molar-refractivity contribution is 7.13. The molecule has 5 heterocycles. The zero-order valence-electron chi connectivity index (χ0n) is 24.7. The average Bonchev–Trinajstić information content (AvgIpc) is 3.48. The highest BCUT2D eigenvalue weighted by Crippen LogP contribution is 2.50. The lowest BCUT2D eigenvalue weighted by atomic mass is 9.92. The molecule has 12 nitrogen and oxygen atoms in total. The molecule has 2 fully saturated rings. The quantitative estimate of drug-likeness (QED) is 0.304. The summed E-state index contributed by atoms with van der Waals surface area (Å²) >= 11 is 1.29. The molecule has 47 heavy (non-hydrogen) atoms. The first-order chi connectivity index (χ1) is 22.7. The number of halogens is 2.